The molecule has 2 aromatic carbocycles. The largest absolute Gasteiger partial charge is 0.497 e. The average molecular weight is 396 g/mol. The summed E-state index contributed by atoms with van der Waals surface area (Å²) in [5.41, 5.74) is 1.94. The molecule has 0 radical (unpaired) electrons. The highest BCUT2D eigenvalue weighted by atomic mass is 16.5. The van der Waals surface area contributed by atoms with E-state index in [1.807, 2.05) is 24.3 Å². The quantitative estimate of drug-likeness (QED) is 0.545. The number of esters is 1. The number of ether oxygens (including phenoxy) is 2. The monoisotopic (exact) mass is 396 g/mol. The Labute approximate surface area is 169 Å². The predicted octanol–water partition coefficient (Wildman–Crippen LogP) is 2.34. The van der Waals surface area contributed by atoms with Crippen molar-refractivity contribution < 1.29 is 23.9 Å². The Hall–Kier alpha value is -3.19. The minimum Gasteiger partial charge on any atom is -0.497 e. The first-order chi connectivity index (χ1) is 14.0. The zero-order valence-corrected chi connectivity index (χ0v) is 16.5. The molecule has 7 heteroatoms. The number of methoxy groups -OCH3 is 1. The van der Waals surface area contributed by atoms with Crippen LogP contribution in [0.15, 0.2) is 48.5 Å². The van der Waals surface area contributed by atoms with Crippen molar-refractivity contribution in [2.45, 2.75) is 25.8 Å². The standard InChI is InChI=1S/C22H24N2O5/c1-3-29-22(27)16-6-8-17(9-7-16)24-20(25)14-19(21(24)26)23-13-12-15-4-10-18(28-2)11-5-15/h4-11,19,23H,3,12-14H2,1-2H3/t19-/m0/s1. The van der Waals surface area contributed by atoms with Crippen LogP contribution in [0.4, 0.5) is 5.69 Å². The second kappa shape index (κ2) is 9.34. The topological polar surface area (TPSA) is 84.9 Å². The fraction of sp³-hybridized carbons (Fsp3) is 0.318. The van der Waals surface area contributed by atoms with Crippen LogP contribution in [0.25, 0.3) is 0 Å². The van der Waals surface area contributed by atoms with E-state index in [2.05, 4.69) is 5.32 Å². The van der Waals surface area contributed by atoms with Gasteiger partial charge in [-0.15, -0.1) is 0 Å². The van der Waals surface area contributed by atoms with Gasteiger partial charge in [0.1, 0.15) is 5.75 Å². The van der Waals surface area contributed by atoms with Gasteiger partial charge in [0.25, 0.3) is 5.91 Å². The Morgan fingerprint density at radius 1 is 1.10 bits per heavy atom. The molecule has 2 amide bonds. The first-order valence-corrected chi connectivity index (χ1v) is 9.53. The molecule has 152 valence electrons. The van der Waals surface area contributed by atoms with Gasteiger partial charge < -0.3 is 14.8 Å². The van der Waals surface area contributed by atoms with Gasteiger partial charge in [0.15, 0.2) is 0 Å². The SMILES string of the molecule is CCOC(=O)c1ccc(N2C(=O)C[C@H](NCCc3ccc(OC)cc3)C2=O)cc1. The number of benzene rings is 2. The molecule has 0 aromatic heterocycles. The number of hydrogen-bond acceptors (Lipinski definition) is 6. The lowest BCUT2D eigenvalue weighted by Crippen LogP contribution is -2.39. The Morgan fingerprint density at radius 2 is 1.79 bits per heavy atom. The fourth-order valence-electron chi connectivity index (χ4n) is 3.21. The van der Waals surface area contributed by atoms with Crippen LogP contribution in [0.5, 0.6) is 5.75 Å². The van der Waals surface area contributed by atoms with E-state index in [1.54, 1.807) is 38.3 Å². The van der Waals surface area contributed by atoms with E-state index < -0.39 is 12.0 Å². The summed E-state index contributed by atoms with van der Waals surface area (Å²) in [5, 5.41) is 3.17. The molecule has 7 nitrogen and oxygen atoms in total. The number of imide groups is 1. The maximum atomic E-state index is 12.7. The first-order valence-electron chi connectivity index (χ1n) is 9.53. The first kappa shape index (κ1) is 20.5. The Balaban J connectivity index is 1.58. The number of carbonyl (C=O) groups excluding carboxylic acids is 3. The van der Waals surface area contributed by atoms with Crippen molar-refractivity contribution in [3.8, 4) is 5.75 Å². The molecule has 2 aromatic rings. The summed E-state index contributed by atoms with van der Waals surface area (Å²) in [6.45, 7) is 2.59. The number of carbonyl (C=O) groups is 3. The van der Waals surface area contributed by atoms with Crippen molar-refractivity contribution in [2.75, 3.05) is 25.2 Å². The summed E-state index contributed by atoms with van der Waals surface area (Å²) in [7, 11) is 1.62. The molecule has 0 bridgehead atoms. The molecule has 1 heterocycles. The van der Waals surface area contributed by atoms with Crippen molar-refractivity contribution in [3.05, 3.63) is 59.7 Å². The maximum Gasteiger partial charge on any atom is 0.338 e. The van der Waals surface area contributed by atoms with Gasteiger partial charge in [-0.3, -0.25) is 9.59 Å². The molecule has 1 atom stereocenters. The van der Waals surface area contributed by atoms with E-state index in [4.69, 9.17) is 9.47 Å². The molecule has 3 rings (SSSR count). The fourth-order valence-corrected chi connectivity index (χ4v) is 3.21. The normalized spacial score (nSPS) is 16.2. The summed E-state index contributed by atoms with van der Waals surface area (Å²) in [6, 6.07) is 13.5. The van der Waals surface area contributed by atoms with Crippen molar-refractivity contribution in [1.29, 1.82) is 0 Å². The molecule has 29 heavy (non-hydrogen) atoms. The van der Waals surface area contributed by atoms with Crippen molar-refractivity contribution in [1.82, 2.24) is 5.32 Å². The van der Waals surface area contributed by atoms with Gasteiger partial charge in [-0.05, 0) is 61.9 Å². The number of hydrogen-bond donors (Lipinski definition) is 1. The lowest BCUT2D eigenvalue weighted by atomic mass is 10.1. The summed E-state index contributed by atoms with van der Waals surface area (Å²) in [6.07, 6.45) is 0.845. The number of rotatable bonds is 8. The maximum absolute atomic E-state index is 12.7. The van der Waals surface area contributed by atoms with Gasteiger partial charge in [-0.25, -0.2) is 9.69 Å². The summed E-state index contributed by atoms with van der Waals surface area (Å²) in [4.78, 5) is 38.0. The van der Waals surface area contributed by atoms with E-state index in [9.17, 15) is 14.4 Å². The molecule has 1 aliphatic heterocycles. The molecular formula is C22H24N2O5. The Bertz CT molecular complexity index is 877. The van der Waals surface area contributed by atoms with Gasteiger partial charge in [-0.2, -0.15) is 0 Å². The third-order valence-electron chi connectivity index (χ3n) is 4.75. The molecular weight excluding hydrogens is 372 g/mol. The van der Waals surface area contributed by atoms with E-state index in [1.165, 1.54) is 4.90 Å². The van der Waals surface area contributed by atoms with E-state index in [-0.39, 0.29) is 24.8 Å². The number of nitrogens with zero attached hydrogens (tertiary/aromatic N) is 1. The zero-order chi connectivity index (χ0) is 20.8. The molecule has 0 saturated carbocycles. The van der Waals surface area contributed by atoms with Crippen LogP contribution in [0.1, 0.15) is 29.3 Å². The van der Waals surface area contributed by atoms with E-state index in [0.717, 1.165) is 17.7 Å². The van der Waals surface area contributed by atoms with Gasteiger partial charge in [0, 0.05) is 0 Å². The van der Waals surface area contributed by atoms with Crippen LogP contribution in [0, 0.1) is 0 Å². The molecule has 0 spiro atoms. The van der Waals surface area contributed by atoms with Gasteiger partial charge in [0.05, 0.1) is 37.4 Å². The molecule has 0 unspecified atom stereocenters. The molecule has 1 fully saturated rings. The minimum atomic E-state index is -0.550. The van der Waals surface area contributed by atoms with Crippen molar-refractivity contribution in [2.24, 2.45) is 0 Å². The van der Waals surface area contributed by atoms with Crippen LogP contribution in [0.2, 0.25) is 0 Å². The van der Waals surface area contributed by atoms with Crippen LogP contribution < -0.4 is 15.0 Å². The highest BCUT2D eigenvalue weighted by Gasteiger charge is 2.39. The molecule has 1 saturated heterocycles. The minimum absolute atomic E-state index is 0.112. The van der Waals surface area contributed by atoms with Crippen LogP contribution in [-0.2, 0) is 20.7 Å². The Kier molecular flexibility index (Phi) is 6.61. The van der Waals surface area contributed by atoms with Crippen LogP contribution in [-0.4, -0.2) is 44.1 Å². The van der Waals surface area contributed by atoms with E-state index in [0.29, 0.717) is 17.8 Å². The lowest BCUT2D eigenvalue weighted by Gasteiger charge is -2.16. The number of amides is 2. The van der Waals surface area contributed by atoms with Crippen LogP contribution >= 0.6 is 0 Å². The predicted molar refractivity (Wildman–Crippen MR) is 108 cm³/mol. The number of nitrogens with one attached hydrogen (secondary N) is 1. The highest BCUT2D eigenvalue weighted by Crippen LogP contribution is 2.23. The van der Waals surface area contributed by atoms with Crippen LogP contribution in [0.3, 0.4) is 0 Å². The van der Waals surface area contributed by atoms with Gasteiger partial charge >= 0.3 is 5.97 Å². The summed E-state index contributed by atoms with van der Waals surface area (Å²) in [5.74, 6) is -0.187. The second-order valence-corrected chi connectivity index (χ2v) is 6.64. The molecule has 0 aliphatic carbocycles. The zero-order valence-electron chi connectivity index (χ0n) is 16.5. The summed E-state index contributed by atoms with van der Waals surface area (Å²) >= 11 is 0. The van der Waals surface area contributed by atoms with E-state index >= 15 is 0 Å². The van der Waals surface area contributed by atoms with Crippen molar-refractivity contribution in [3.63, 3.8) is 0 Å². The van der Waals surface area contributed by atoms with Gasteiger partial charge in [0.2, 0.25) is 5.91 Å². The lowest BCUT2D eigenvalue weighted by molar-refractivity contribution is -0.121. The third kappa shape index (κ3) is 4.81. The Morgan fingerprint density at radius 3 is 2.41 bits per heavy atom. The smallest absolute Gasteiger partial charge is 0.338 e. The highest BCUT2D eigenvalue weighted by molar-refractivity contribution is 6.22. The molecule has 1 N–H and O–H groups in total. The third-order valence-corrected chi connectivity index (χ3v) is 4.75. The number of anilines is 1. The second-order valence-electron chi connectivity index (χ2n) is 6.64. The summed E-state index contributed by atoms with van der Waals surface area (Å²) < 4.78 is 10.1. The average Bonchev–Trinajstić information content (AvgIpc) is 3.02. The molecule has 1 aliphatic rings. The van der Waals surface area contributed by atoms with Gasteiger partial charge in [-0.1, -0.05) is 12.1 Å². The van der Waals surface area contributed by atoms with Crippen molar-refractivity contribution >= 4 is 23.5 Å².